The molecule has 18 heavy (non-hydrogen) atoms. The topological polar surface area (TPSA) is 36.7 Å². The summed E-state index contributed by atoms with van der Waals surface area (Å²) in [4.78, 5) is 4.36. The van der Waals surface area contributed by atoms with Crippen LogP contribution < -0.4 is 0 Å². The predicted molar refractivity (Wildman–Crippen MR) is 73.6 cm³/mol. The number of hydrogen-bond acceptors (Lipinski definition) is 2. The molecular weight excluding hydrogens is 244 g/mol. The molecule has 0 fully saturated rings. The van der Waals surface area contributed by atoms with Crippen molar-refractivity contribution in [2.45, 2.75) is 20.8 Å². The molecule has 0 aliphatic rings. The lowest BCUT2D eigenvalue weighted by Gasteiger charge is -2.10. The lowest BCUT2D eigenvalue weighted by atomic mass is 9.99. The summed E-state index contributed by atoms with van der Waals surface area (Å²) in [7, 11) is 0. The van der Waals surface area contributed by atoms with E-state index in [4.69, 9.17) is 16.9 Å². The summed E-state index contributed by atoms with van der Waals surface area (Å²) in [6.45, 7) is 6.03. The summed E-state index contributed by atoms with van der Waals surface area (Å²) in [6.07, 6.45) is 0. The van der Waals surface area contributed by atoms with Crippen LogP contribution in [0.1, 0.15) is 22.3 Å². The van der Waals surface area contributed by atoms with Crippen LogP contribution in [0.5, 0.6) is 0 Å². The molecule has 3 heteroatoms. The largest absolute Gasteiger partial charge is 0.234 e. The minimum atomic E-state index is 0.263. The number of halogens is 1. The van der Waals surface area contributed by atoms with Crippen molar-refractivity contribution >= 4 is 11.6 Å². The highest BCUT2D eigenvalue weighted by Gasteiger charge is 2.11. The molecule has 0 unspecified atom stereocenters. The van der Waals surface area contributed by atoms with E-state index in [1.807, 2.05) is 26.8 Å². The number of nitriles is 1. The fourth-order valence-electron chi connectivity index (χ4n) is 1.93. The van der Waals surface area contributed by atoms with Gasteiger partial charge in [-0.1, -0.05) is 29.3 Å². The first-order chi connectivity index (χ1) is 8.52. The van der Waals surface area contributed by atoms with Gasteiger partial charge in [-0.2, -0.15) is 5.26 Å². The molecule has 0 saturated heterocycles. The van der Waals surface area contributed by atoms with Gasteiger partial charge in [0.2, 0.25) is 0 Å². The maximum atomic E-state index is 8.93. The molecule has 0 aliphatic carbocycles. The van der Waals surface area contributed by atoms with Gasteiger partial charge in [0.25, 0.3) is 0 Å². The van der Waals surface area contributed by atoms with Crippen molar-refractivity contribution in [3.05, 3.63) is 51.7 Å². The van der Waals surface area contributed by atoms with E-state index in [0.29, 0.717) is 5.56 Å². The highest BCUT2D eigenvalue weighted by molar-refractivity contribution is 6.30. The van der Waals surface area contributed by atoms with Crippen molar-refractivity contribution < 1.29 is 0 Å². The van der Waals surface area contributed by atoms with E-state index in [-0.39, 0.29) is 5.15 Å². The minimum absolute atomic E-state index is 0.263. The fourth-order valence-corrected chi connectivity index (χ4v) is 2.11. The summed E-state index contributed by atoms with van der Waals surface area (Å²) < 4.78 is 0. The highest BCUT2D eigenvalue weighted by Crippen LogP contribution is 2.28. The van der Waals surface area contributed by atoms with Crippen LogP contribution in [0.4, 0.5) is 0 Å². The third-order valence-corrected chi connectivity index (χ3v) is 3.22. The molecule has 1 aromatic carbocycles. The van der Waals surface area contributed by atoms with Crippen LogP contribution in [-0.2, 0) is 0 Å². The van der Waals surface area contributed by atoms with Crippen molar-refractivity contribution in [3.63, 3.8) is 0 Å². The average molecular weight is 257 g/mol. The molecule has 2 rings (SSSR count). The Bertz CT molecular complexity index is 654. The standard InChI is InChI=1S/C15H13ClN2/c1-9-4-5-10(2)13(6-9)14-11(3)7-12(8-17)15(16)18-14/h4-7H,1-3H3. The maximum Gasteiger partial charge on any atom is 0.147 e. The Balaban J connectivity index is 2.69. The van der Waals surface area contributed by atoms with Gasteiger partial charge in [0.05, 0.1) is 11.3 Å². The Labute approximate surface area is 112 Å². The van der Waals surface area contributed by atoms with Crippen LogP contribution in [0.2, 0.25) is 5.15 Å². The molecule has 1 heterocycles. The van der Waals surface area contributed by atoms with E-state index in [2.05, 4.69) is 23.2 Å². The number of aromatic nitrogens is 1. The monoisotopic (exact) mass is 256 g/mol. The Morgan fingerprint density at radius 2 is 1.83 bits per heavy atom. The summed E-state index contributed by atoms with van der Waals surface area (Å²) in [5.41, 5.74) is 5.63. The van der Waals surface area contributed by atoms with Gasteiger partial charge in [-0.15, -0.1) is 0 Å². The van der Waals surface area contributed by atoms with E-state index in [9.17, 15) is 0 Å². The van der Waals surface area contributed by atoms with Gasteiger partial charge >= 0.3 is 0 Å². The van der Waals surface area contributed by atoms with Crippen LogP contribution >= 0.6 is 11.6 Å². The van der Waals surface area contributed by atoms with Crippen LogP contribution in [0.25, 0.3) is 11.3 Å². The molecule has 0 amide bonds. The van der Waals surface area contributed by atoms with Crippen molar-refractivity contribution in [1.29, 1.82) is 5.26 Å². The molecule has 0 aliphatic heterocycles. The van der Waals surface area contributed by atoms with Gasteiger partial charge in [0, 0.05) is 5.56 Å². The predicted octanol–water partition coefficient (Wildman–Crippen LogP) is 4.20. The second-order valence-corrected chi connectivity index (χ2v) is 4.78. The van der Waals surface area contributed by atoms with Gasteiger partial charge in [0.1, 0.15) is 11.2 Å². The Hall–Kier alpha value is -1.85. The molecule has 2 nitrogen and oxygen atoms in total. The van der Waals surface area contributed by atoms with Gasteiger partial charge < -0.3 is 0 Å². The molecule has 0 radical (unpaired) electrons. The number of hydrogen-bond donors (Lipinski definition) is 0. The number of pyridine rings is 1. The third-order valence-electron chi connectivity index (χ3n) is 2.94. The molecule has 0 bridgehead atoms. The van der Waals surface area contributed by atoms with Crippen molar-refractivity contribution in [3.8, 4) is 17.3 Å². The Kier molecular flexibility index (Phi) is 3.36. The van der Waals surface area contributed by atoms with E-state index in [1.54, 1.807) is 6.07 Å². The molecule has 0 atom stereocenters. The number of benzene rings is 1. The van der Waals surface area contributed by atoms with E-state index >= 15 is 0 Å². The van der Waals surface area contributed by atoms with Crippen LogP contribution in [0, 0.1) is 32.1 Å². The van der Waals surface area contributed by atoms with Crippen molar-refractivity contribution in [2.75, 3.05) is 0 Å². The van der Waals surface area contributed by atoms with E-state index in [0.717, 1.165) is 22.4 Å². The second kappa shape index (κ2) is 4.80. The van der Waals surface area contributed by atoms with Gasteiger partial charge in [-0.25, -0.2) is 4.98 Å². The molecule has 90 valence electrons. The summed E-state index contributed by atoms with van der Waals surface area (Å²) in [5.74, 6) is 0. The zero-order chi connectivity index (χ0) is 13.3. The van der Waals surface area contributed by atoms with Gasteiger partial charge in [-0.3, -0.25) is 0 Å². The van der Waals surface area contributed by atoms with Crippen molar-refractivity contribution in [2.24, 2.45) is 0 Å². The first-order valence-electron chi connectivity index (χ1n) is 5.68. The molecule has 0 spiro atoms. The smallest absolute Gasteiger partial charge is 0.147 e. The zero-order valence-corrected chi connectivity index (χ0v) is 11.3. The molecule has 0 N–H and O–H groups in total. The Morgan fingerprint density at radius 1 is 1.11 bits per heavy atom. The first-order valence-corrected chi connectivity index (χ1v) is 6.05. The SMILES string of the molecule is Cc1ccc(C)c(-c2nc(Cl)c(C#N)cc2C)c1. The Morgan fingerprint density at radius 3 is 2.50 bits per heavy atom. The third kappa shape index (κ3) is 2.23. The number of aryl methyl sites for hydroxylation is 3. The number of nitrogens with zero attached hydrogens (tertiary/aromatic N) is 2. The first kappa shape index (κ1) is 12.6. The highest BCUT2D eigenvalue weighted by atomic mass is 35.5. The lowest BCUT2D eigenvalue weighted by molar-refractivity contribution is 1.23. The molecular formula is C15H13ClN2. The summed E-state index contributed by atoms with van der Waals surface area (Å²) >= 11 is 6.01. The van der Waals surface area contributed by atoms with Gasteiger partial charge in [-0.05, 0) is 44.0 Å². The average Bonchev–Trinajstić information content (AvgIpc) is 2.35. The zero-order valence-electron chi connectivity index (χ0n) is 10.6. The fraction of sp³-hybridized carbons (Fsp3) is 0.200. The molecule has 2 aromatic rings. The molecule has 1 aromatic heterocycles. The van der Waals surface area contributed by atoms with Crippen LogP contribution in [0.15, 0.2) is 24.3 Å². The summed E-state index contributed by atoms with van der Waals surface area (Å²) in [5, 5.41) is 9.19. The minimum Gasteiger partial charge on any atom is -0.234 e. The maximum absolute atomic E-state index is 8.93. The van der Waals surface area contributed by atoms with E-state index in [1.165, 1.54) is 5.56 Å². The normalized spacial score (nSPS) is 10.2. The van der Waals surface area contributed by atoms with Crippen molar-refractivity contribution in [1.82, 2.24) is 4.98 Å². The number of rotatable bonds is 1. The summed E-state index contributed by atoms with van der Waals surface area (Å²) in [6, 6.07) is 10.1. The quantitative estimate of drug-likeness (QED) is 0.717. The van der Waals surface area contributed by atoms with Crippen LogP contribution in [-0.4, -0.2) is 4.98 Å². The van der Waals surface area contributed by atoms with E-state index < -0.39 is 0 Å². The van der Waals surface area contributed by atoms with Crippen LogP contribution in [0.3, 0.4) is 0 Å². The second-order valence-electron chi connectivity index (χ2n) is 4.42. The lowest BCUT2D eigenvalue weighted by Crippen LogP contribution is -1.95. The molecule has 0 saturated carbocycles. The van der Waals surface area contributed by atoms with Gasteiger partial charge in [0.15, 0.2) is 0 Å².